The highest BCUT2D eigenvalue weighted by atomic mass is 32.2. The van der Waals surface area contributed by atoms with Crippen LogP contribution in [0.2, 0.25) is 0 Å². The number of thioether (sulfide) groups is 1. The SMILES string of the molecule is CCN1CCN(C(=O)NC(C(=O)NC2C(=O)N3C(C(=O)O)=C(COc4ccc5ccc(=O)oc5c4)CSC23)c2ccccc2)C(=O)C1=O. The number of ether oxygens (including phenoxy) is 1. The minimum atomic E-state index is -1.35. The monoisotopic (exact) mass is 675 g/mol. The number of hydrogen-bond donors (Lipinski definition) is 3. The maximum atomic E-state index is 13.6. The van der Waals surface area contributed by atoms with Gasteiger partial charge in [-0.3, -0.25) is 29.0 Å². The Balaban J connectivity index is 1.16. The highest BCUT2D eigenvalue weighted by Gasteiger charge is 2.54. The third-order valence-electron chi connectivity index (χ3n) is 8.15. The largest absolute Gasteiger partial charge is 0.489 e. The van der Waals surface area contributed by atoms with Gasteiger partial charge in [0.1, 0.15) is 41.1 Å². The molecule has 2 fully saturated rings. The van der Waals surface area contributed by atoms with Gasteiger partial charge in [0, 0.05) is 48.5 Å². The van der Waals surface area contributed by atoms with Crippen LogP contribution in [0.5, 0.6) is 5.75 Å². The number of carboxylic acids is 1. The molecular weight excluding hydrogens is 646 g/mol. The van der Waals surface area contributed by atoms with Gasteiger partial charge in [-0.15, -0.1) is 11.8 Å². The average Bonchev–Trinajstić information content (AvgIpc) is 3.09. The summed E-state index contributed by atoms with van der Waals surface area (Å²) in [6.07, 6.45) is 0. The Bertz CT molecular complexity index is 1930. The molecule has 0 bridgehead atoms. The zero-order valence-corrected chi connectivity index (χ0v) is 26.2. The lowest BCUT2D eigenvalue weighted by atomic mass is 10.0. The molecule has 4 heterocycles. The molecule has 48 heavy (non-hydrogen) atoms. The average molecular weight is 676 g/mol. The first-order chi connectivity index (χ1) is 23.1. The van der Waals surface area contributed by atoms with Gasteiger partial charge in [0.05, 0.1) is 0 Å². The Hall–Kier alpha value is -5.64. The molecule has 248 valence electrons. The van der Waals surface area contributed by atoms with Crippen LogP contribution in [0, 0.1) is 0 Å². The van der Waals surface area contributed by atoms with Crippen molar-refractivity contribution >= 4 is 58.4 Å². The molecule has 3 aromatic rings. The van der Waals surface area contributed by atoms with Crippen LogP contribution >= 0.6 is 11.8 Å². The van der Waals surface area contributed by atoms with Gasteiger partial charge in [-0.05, 0) is 30.7 Å². The molecular formula is C32H29N5O10S. The Kier molecular flexibility index (Phi) is 8.90. The highest BCUT2D eigenvalue weighted by molar-refractivity contribution is 8.00. The van der Waals surface area contributed by atoms with Gasteiger partial charge >= 0.3 is 29.4 Å². The van der Waals surface area contributed by atoms with Crippen molar-refractivity contribution < 1.29 is 43.0 Å². The molecule has 6 amide bonds. The lowest BCUT2D eigenvalue weighted by Gasteiger charge is -2.49. The van der Waals surface area contributed by atoms with E-state index in [-0.39, 0.29) is 31.1 Å². The molecule has 2 aromatic carbocycles. The van der Waals surface area contributed by atoms with Crippen molar-refractivity contribution in [3.05, 3.63) is 87.9 Å². The molecule has 0 saturated carbocycles. The number of carboxylic acid groups (broad SMARTS) is 1. The molecule has 15 nitrogen and oxygen atoms in total. The molecule has 16 heteroatoms. The number of benzene rings is 2. The van der Waals surface area contributed by atoms with Crippen molar-refractivity contribution in [2.75, 3.05) is 32.0 Å². The number of piperazine rings is 1. The summed E-state index contributed by atoms with van der Waals surface area (Å²) in [4.78, 5) is 92.2. The van der Waals surface area contributed by atoms with E-state index in [0.717, 1.165) is 9.80 Å². The van der Waals surface area contributed by atoms with Crippen LogP contribution in [0.4, 0.5) is 4.79 Å². The quantitative estimate of drug-likeness (QED) is 0.167. The smallest absolute Gasteiger partial charge is 0.352 e. The summed E-state index contributed by atoms with van der Waals surface area (Å²) in [5.74, 6) is -4.13. The normalized spacial score (nSPS) is 19.9. The summed E-state index contributed by atoms with van der Waals surface area (Å²) in [5, 5.41) is 15.1. The minimum absolute atomic E-state index is 0.0597. The van der Waals surface area contributed by atoms with Crippen molar-refractivity contribution in [3.8, 4) is 5.75 Å². The van der Waals surface area contributed by atoms with Gasteiger partial charge in [0.25, 0.3) is 5.91 Å². The molecule has 0 aliphatic carbocycles. The van der Waals surface area contributed by atoms with E-state index in [0.29, 0.717) is 34.4 Å². The van der Waals surface area contributed by atoms with Crippen molar-refractivity contribution in [2.24, 2.45) is 0 Å². The summed E-state index contributed by atoms with van der Waals surface area (Å²) >= 11 is 1.23. The molecule has 0 spiro atoms. The maximum absolute atomic E-state index is 13.6. The van der Waals surface area contributed by atoms with Crippen molar-refractivity contribution in [1.82, 2.24) is 25.3 Å². The molecule has 3 N–H and O–H groups in total. The number of nitrogens with zero attached hydrogens (tertiary/aromatic N) is 3. The minimum Gasteiger partial charge on any atom is -0.489 e. The van der Waals surface area contributed by atoms with Crippen LogP contribution in [0.15, 0.2) is 81.1 Å². The van der Waals surface area contributed by atoms with Gasteiger partial charge < -0.3 is 29.8 Å². The highest BCUT2D eigenvalue weighted by Crippen LogP contribution is 2.40. The fourth-order valence-corrected chi connectivity index (χ4v) is 6.98. The lowest BCUT2D eigenvalue weighted by Crippen LogP contribution is -2.71. The first-order valence-electron chi connectivity index (χ1n) is 14.9. The Morgan fingerprint density at radius 1 is 1.02 bits per heavy atom. The number of rotatable bonds is 9. The number of carbonyl (C=O) groups excluding carboxylic acids is 5. The molecule has 3 aliphatic heterocycles. The second-order valence-corrected chi connectivity index (χ2v) is 12.1. The van der Waals surface area contributed by atoms with E-state index >= 15 is 0 Å². The molecule has 3 atom stereocenters. The molecule has 6 rings (SSSR count). The lowest BCUT2D eigenvalue weighted by molar-refractivity contribution is -0.153. The zero-order chi connectivity index (χ0) is 34.1. The summed E-state index contributed by atoms with van der Waals surface area (Å²) in [5.41, 5.74) is 0.189. The number of β-lactam (4-membered cyclic amide) rings is 1. The van der Waals surface area contributed by atoms with E-state index in [1.807, 2.05) is 0 Å². The summed E-state index contributed by atoms with van der Waals surface area (Å²) < 4.78 is 11.0. The molecule has 2 saturated heterocycles. The van der Waals surface area contributed by atoms with Crippen LogP contribution in [0.1, 0.15) is 18.5 Å². The van der Waals surface area contributed by atoms with E-state index in [4.69, 9.17) is 9.15 Å². The fourth-order valence-electron chi connectivity index (χ4n) is 5.65. The Labute approximate surface area is 276 Å². The molecule has 3 unspecified atom stereocenters. The van der Waals surface area contributed by atoms with E-state index in [2.05, 4.69) is 10.6 Å². The first-order valence-corrected chi connectivity index (χ1v) is 16.0. The second kappa shape index (κ2) is 13.2. The topological polar surface area (TPSA) is 196 Å². The van der Waals surface area contributed by atoms with E-state index in [1.165, 1.54) is 28.8 Å². The number of hydrogen-bond acceptors (Lipinski definition) is 10. The molecule has 3 aliphatic rings. The van der Waals surface area contributed by atoms with Gasteiger partial charge in [0.2, 0.25) is 5.91 Å². The number of imide groups is 1. The van der Waals surface area contributed by atoms with Crippen LogP contribution in [0.3, 0.4) is 0 Å². The number of urea groups is 1. The van der Waals surface area contributed by atoms with Gasteiger partial charge in [-0.25, -0.2) is 14.4 Å². The van der Waals surface area contributed by atoms with Crippen LogP contribution in [0.25, 0.3) is 11.0 Å². The molecule has 1 aromatic heterocycles. The second-order valence-electron chi connectivity index (χ2n) is 11.0. The molecule has 0 radical (unpaired) electrons. The van der Waals surface area contributed by atoms with Crippen molar-refractivity contribution in [1.29, 1.82) is 0 Å². The number of carbonyl (C=O) groups is 6. The number of amides is 6. The number of likely N-dealkylation sites (N-methyl/N-ethyl adjacent to an activating group) is 1. The van der Waals surface area contributed by atoms with Gasteiger partial charge in [-0.2, -0.15) is 0 Å². The fraction of sp³-hybridized carbons (Fsp3) is 0.281. The van der Waals surface area contributed by atoms with Crippen LogP contribution in [-0.2, 0) is 24.0 Å². The number of aliphatic carboxylic acids is 1. The Morgan fingerprint density at radius 2 is 1.77 bits per heavy atom. The van der Waals surface area contributed by atoms with Crippen molar-refractivity contribution in [2.45, 2.75) is 24.4 Å². The predicted octanol–water partition coefficient (Wildman–Crippen LogP) is 1.05. The predicted molar refractivity (Wildman–Crippen MR) is 169 cm³/mol. The van der Waals surface area contributed by atoms with E-state index < -0.39 is 58.7 Å². The zero-order valence-electron chi connectivity index (χ0n) is 25.4. The summed E-state index contributed by atoms with van der Waals surface area (Å²) in [6, 6.07) is 12.5. The van der Waals surface area contributed by atoms with Gasteiger partial charge in [0.15, 0.2) is 0 Å². The third-order valence-corrected chi connectivity index (χ3v) is 9.49. The summed E-state index contributed by atoms with van der Waals surface area (Å²) in [6.45, 7) is 1.94. The van der Waals surface area contributed by atoms with E-state index in [9.17, 15) is 38.7 Å². The van der Waals surface area contributed by atoms with Crippen LogP contribution < -0.4 is 21.0 Å². The number of nitrogens with one attached hydrogen (secondary N) is 2. The Morgan fingerprint density at radius 3 is 2.50 bits per heavy atom. The summed E-state index contributed by atoms with van der Waals surface area (Å²) in [7, 11) is 0. The number of fused-ring (bicyclic) bond motifs is 2. The van der Waals surface area contributed by atoms with E-state index in [1.54, 1.807) is 55.5 Å². The van der Waals surface area contributed by atoms with Gasteiger partial charge in [-0.1, -0.05) is 30.3 Å². The third kappa shape index (κ3) is 6.09. The first kappa shape index (κ1) is 32.3. The standard InChI is InChI=1S/C32H29N5O10S/c1-2-35-12-13-36(29(42)28(35)41)32(45)34-23(18-6-4-3-5-7-18)26(39)33-24-27(40)37-25(31(43)44)19(16-48-30(24)37)15-46-20-10-8-17-9-11-22(38)47-21(17)14-20/h3-11,14,23-24,30H,2,12-13,15-16H2,1H3,(H,33,39)(H,34,45)(H,43,44). The van der Waals surface area contributed by atoms with Crippen LogP contribution in [-0.4, -0.2) is 98.8 Å². The van der Waals surface area contributed by atoms with Crippen molar-refractivity contribution in [3.63, 3.8) is 0 Å². The maximum Gasteiger partial charge on any atom is 0.352 e.